The van der Waals surface area contributed by atoms with Gasteiger partial charge >= 0.3 is 17.2 Å². The van der Waals surface area contributed by atoms with Crippen LogP contribution < -0.4 is 16.7 Å². The van der Waals surface area contributed by atoms with E-state index in [-0.39, 0.29) is 29.2 Å². The maximum Gasteiger partial charge on any atom is 0.446 e. The molecule has 0 radical (unpaired) electrons. The number of nitrogens with two attached hydrogens (primary N) is 1. The first-order valence-corrected chi connectivity index (χ1v) is 13.1. The van der Waals surface area contributed by atoms with Gasteiger partial charge in [0.05, 0.1) is 12.2 Å². The predicted molar refractivity (Wildman–Crippen MR) is 145 cm³/mol. The summed E-state index contributed by atoms with van der Waals surface area (Å²) in [6.45, 7) is 2.09. The van der Waals surface area contributed by atoms with Gasteiger partial charge < -0.3 is 21.1 Å². The van der Waals surface area contributed by atoms with Gasteiger partial charge in [-0.2, -0.15) is 18.2 Å². The molecule has 206 valence electrons. The van der Waals surface area contributed by atoms with Crippen LogP contribution >= 0.6 is 11.8 Å². The number of alkyl halides is 3. The molecule has 12 heteroatoms. The number of nitrogens with one attached hydrogen (secondary N) is 2. The van der Waals surface area contributed by atoms with Crippen LogP contribution in [0.3, 0.4) is 0 Å². The quantitative estimate of drug-likeness (QED) is 0.194. The SMILES string of the molecule is C[C@H](N)CCCc1cc(SC(F)(F)F)cc(-c2cc3cn(-c4ccc(CNCC(=O)O)cc4)c(=O)nc3[nH]2)c1. The van der Waals surface area contributed by atoms with E-state index in [1.807, 2.05) is 13.0 Å². The third kappa shape index (κ3) is 7.94. The van der Waals surface area contributed by atoms with E-state index in [1.54, 1.807) is 42.6 Å². The van der Waals surface area contributed by atoms with Crippen LogP contribution in [0.5, 0.6) is 0 Å². The summed E-state index contributed by atoms with van der Waals surface area (Å²) in [5.41, 5.74) is 4.50. The number of halogens is 3. The van der Waals surface area contributed by atoms with Crippen LogP contribution in [-0.2, 0) is 17.8 Å². The summed E-state index contributed by atoms with van der Waals surface area (Å²) in [7, 11) is 0. The van der Waals surface area contributed by atoms with Crippen LogP contribution in [0.2, 0.25) is 0 Å². The molecule has 0 aliphatic carbocycles. The fraction of sp³-hybridized carbons (Fsp3) is 0.296. The second-order valence-corrected chi connectivity index (χ2v) is 10.5. The molecule has 2 aromatic heterocycles. The Kier molecular flexibility index (Phi) is 8.78. The van der Waals surface area contributed by atoms with E-state index in [0.717, 1.165) is 24.0 Å². The van der Waals surface area contributed by atoms with Gasteiger partial charge in [-0.05, 0) is 91.0 Å². The van der Waals surface area contributed by atoms with Gasteiger partial charge in [-0.1, -0.05) is 12.1 Å². The molecule has 4 rings (SSSR count). The van der Waals surface area contributed by atoms with Crippen molar-refractivity contribution < 1.29 is 23.1 Å². The molecule has 0 aliphatic heterocycles. The van der Waals surface area contributed by atoms with Crippen LogP contribution in [0, 0.1) is 0 Å². The zero-order valence-electron chi connectivity index (χ0n) is 21.1. The minimum Gasteiger partial charge on any atom is -0.480 e. The molecule has 8 nitrogen and oxygen atoms in total. The first kappa shape index (κ1) is 28.4. The Bertz CT molecular complexity index is 1510. The lowest BCUT2D eigenvalue weighted by Gasteiger charge is -2.11. The molecule has 0 saturated heterocycles. The van der Waals surface area contributed by atoms with Crippen molar-refractivity contribution in [3.05, 3.63) is 76.3 Å². The summed E-state index contributed by atoms with van der Waals surface area (Å²) < 4.78 is 40.9. The van der Waals surface area contributed by atoms with Crippen molar-refractivity contribution in [2.24, 2.45) is 5.73 Å². The summed E-state index contributed by atoms with van der Waals surface area (Å²) in [5.74, 6) is -0.952. The Labute approximate surface area is 226 Å². The number of nitrogens with zero attached hydrogens (tertiary/aromatic N) is 2. The summed E-state index contributed by atoms with van der Waals surface area (Å²) in [5, 5.41) is 12.2. The number of aryl methyl sites for hydroxylation is 1. The highest BCUT2D eigenvalue weighted by atomic mass is 32.2. The number of carbonyl (C=O) groups is 1. The van der Waals surface area contributed by atoms with Crippen LogP contribution in [0.4, 0.5) is 13.2 Å². The Hall–Kier alpha value is -3.61. The van der Waals surface area contributed by atoms with Gasteiger partial charge in [0.2, 0.25) is 0 Å². The molecule has 2 heterocycles. The predicted octanol–water partition coefficient (Wildman–Crippen LogP) is 4.84. The number of aromatic amines is 1. The van der Waals surface area contributed by atoms with Gasteiger partial charge in [-0.15, -0.1) is 0 Å². The Morgan fingerprint density at radius 3 is 2.59 bits per heavy atom. The Morgan fingerprint density at radius 2 is 1.92 bits per heavy atom. The fourth-order valence-corrected chi connectivity index (χ4v) is 4.87. The van der Waals surface area contributed by atoms with Crippen molar-refractivity contribution in [3.63, 3.8) is 0 Å². The number of hydrogen-bond donors (Lipinski definition) is 4. The third-order valence-corrected chi connectivity index (χ3v) is 6.67. The van der Waals surface area contributed by atoms with Crippen LogP contribution in [0.25, 0.3) is 28.0 Å². The first-order chi connectivity index (χ1) is 18.5. The number of H-pyrrole nitrogens is 1. The molecular weight excluding hydrogens is 531 g/mol. The van der Waals surface area contributed by atoms with E-state index in [0.29, 0.717) is 40.9 Å². The molecule has 1 atom stereocenters. The lowest BCUT2D eigenvalue weighted by Crippen LogP contribution is -2.22. The summed E-state index contributed by atoms with van der Waals surface area (Å²) in [4.78, 5) is 30.7. The Morgan fingerprint density at radius 1 is 1.18 bits per heavy atom. The normalized spacial score (nSPS) is 12.6. The van der Waals surface area contributed by atoms with E-state index in [4.69, 9.17) is 10.8 Å². The first-order valence-electron chi connectivity index (χ1n) is 12.3. The maximum atomic E-state index is 13.2. The number of thioether (sulfide) groups is 1. The number of fused-ring (bicyclic) bond motifs is 1. The second-order valence-electron chi connectivity index (χ2n) is 9.33. The summed E-state index contributed by atoms with van der Waals surface area (Å²) >= 11 is -0.162. The van der Waals surface area contributed by atoms with Crippen molar-refractivity contribution in [1.29, 1.82) is 0 Å². The van der Waals surface area contributed by atoms with Crippen molar-refractivity contribution >= 4 is 28.8 Å². The monoisotopic (exact) mass is 559 g/mol. The molecule has 39 heavy (non-hydrogen) atoms. The van der Waals surface area contributed by atoms with Crippen molar-refractivity contribution in [3.8, 4) is 16.9 Å². The van der Waals surface area contributed by atoms with Crippen molar-refractivity contribution in [1.82, 2.24) is 19.9 Å². The molecule has 0 bridgehead atoms. The number of hydrogen-bond acceptors (Lipinski definition) is 6. The van der Waals surface area contributed by atoms with Crippen molar-refractivity contribution in [2.75, 3.05) is 6.54 Å². The number of benzene rings is 2. The highest BCUT2D eigenvalue weighted by Gasteiger charge is 2.29. The topological polar surface area (TPSA) is 126 Å². The van der Waals surface area contributed by atoms with Crippen LogP contribution in [0.1, 0.15) is 30.9 Å². The van der Waals surface area contributed by atoms with Crippen LogP contribution in [-0.4, -0.2) is 43.7 Å². The molecule has 0 saturated carbocycles. The van der Waals surface area contributed by atoms with E-state index < -0.39 is 17.2 Å². The number of carboxylic acid groups (broad SMARTS) is 1. The summed E-state index contributed by atoms with van der Waals surface area (Å²) in [6.07, 6.45) is 3.72. The van der Waals surface area contributed by atoms with Gasteiger partial charge in [0, 0.05) is 34.8 Å². The van der Waals surface area contributed by atoms with Crippen LogP contribution in [0.15, 0.2) is 64.4 Å². The van der Waals surface area contributed by atoms with Gasteiger partial charge in [-0.3, -0.25) is 9.36 Å². The molecule has 5 N–H and O–H groups in total. The number of rotatable bonds is 11. The number of aliphatic carboxylic acids is 1. The average Bonchev–Trinajstić information content (AvgIpc) is 3.25. The minimum atomic E-state index is -4.42. The smallest absolute Gasteiger partial charge is 0.446 e. The zero-order chi connectivity index (χ0) is 28.2. The van der Waals surface area contributed by atoms with E-state index in [1.165, 1.54) is 10.6 Å². The third-order valence-electron chi connectivity index (χ3n) is 5.96. The lowest BCUT2D eigenvalue weighted by molar-refractivity contribution is -0.136. The number of carboxylic acids is 1. The molecule has 0 fully saturated rings. The molecule has 0 aliphatic rings. The minimum absolute atomic E-state index is 0.00905. The van der Waals surface area contributed by atoms with Gasteiger partial charge in [0.1, 0.15) is 5.65 Å². The number of aromatic nitrogens is 3. The van der Waals surface area contributed by atoms with E-state index >= 15 is 0 Å². The molecule has 0 amide bonds. The molecule has 4 aromatic rings. The van der Waals surface area contributed by atoms with Gasteiger partial charge in [-0.25, -0.2) is 4.79 Å². The largest absolute Gasteiger partial charge is 0.480 e. The highest BCUT2D eigenvalue weighted by molar-refractivity contribution is 8.00. The molecule has 0 spiro atoms. The summed E-state index contributed by atoms with van der Waals surface area (Å²) in [6, 6.07) is 13.6. The lowest BCUT2D eigenvalue weighted by atomic mass is 10.0. The highest BCUT2D eigenvalue weighted by Crippen LogP contribution is 2.39. The van der Waals surface area contributed by atoms with Gasteiger partial charge in [0.25, 0.3) is 0 Å². The second kappa shape index (κ2) is 12.1. The molecule has 0 unspecified atom stereocenters. The fourth-order valence-electron chi connectivity index (χ4n) is 4.20. The van der Waals surface area contributed by atoms with E-state index in [2.05, 4.69) is 15.3 Å². The van der Waals surface area contributed by atoms with Gasteiger partial charge in [0.15, 0.2) is 0 Å². The zero-order valence-corrected chi connectivity index (χ0v) is 21.9. The van der Waals surface area contributed by atoms with Crippen molar-refractivity contribution in [2.45, 2.75) is 49.2 Å². The standard InChI is InChI=1S/C27H28F3N5O3S/c1-16(31)3-2-4-18-9-19(11-22(10-18)39-27(28,29)30)23-12-20-15-35(26(38)34-25(20)33-23)21-7-5-17(6-8-21)13-32-14-24(36)37/h5-12,15-16,32H,2-4,13-14,31H2,1H3,(H,36,37)(H,33,34,38)/t16-/m0/s1. The Balaban J connectivity index is 1.63. The molecule has 2 aromatic carbocycles. The average molecular weight is 560 g/mol. The maximum absolute atomic E-state index is 13.2. The molecular formula is C27H28F3N5O3S. The van der Waals surface area contributed by atoms with E-state index in [9.17, 15) is 22.8 Å².